The van der Waals surface area contributed by atoms with Gasteiger partial charge in [0.15, 0.2) is 11.6 Å². The molecule has 4 heterocycles. The second kappa shape index (κ2) is 5.61. The van der Waals surface area contributed by atoms with Crippen molar-refractivity contribution in [2.24, 2.45) is 0 Å². The predicted molar refractivity (Wildman–Crippen MR) is 89.5 cm³/mol. The first-order chi connectivity index (χ1) is 12.7. The fourth-order valence-electron chi connectivity index (χ4n) is 3.70. The van der Waals surface area contributed by atoms with Crippen LogP contribution < -0.4 is 4.90 Å². The van der Waals surface area contributed by atoms with Gasteiger partial charge in [0.2, 0.25) is 0 Å². The second-order valence-electron chi connectivity index (χ2n) is 6.54. The van der Waals surface area contributed by atoms with Crippen molar-refractivity contribution in [1.29, 1.82) is 0 Å². The molecule has 10 heteroatoms. The van der Waals surface area contributed by atoms with E-state index in [-0.39, 0.29) is 5.56 Å². The van der Waals surface area contributed by atoms with Gasteiger partial charge in [0, 0.05) is 12.2 Å². The monoisotopic (exact) mass is 352 g/mol. The number of hydrogen-bond acceptors (Lipinski definition) is 7. The van der Waals surface area contributed by atoms with E-state index in [2.05, 4.69) is 25.2 Å². The van der Waals surface area contributed by atoms with E-state index in [1.165, 1.54) is 29.9 Å². The Labute approximate surface area is 148 Å². The molecule has 1 aliphatic heterocycles. The van der Waals surface area contributed by atoms with Crippen LogP contribution in [-0.4, -0.2) is 51.6 Å². The van der Waals surface area contributed by atoms with Crippen molar-refractivity contribution in [3.05, 3.63) is 36.3 Å². The van der Waals surface area contributed by atoms with Crippen molar-refractivity contribution >= 4 is 11.8 Å². The number of fused-ring (bicyclic) bond motifs is 3. The first-order valence-corrected chi connectivity index (χ1v) is 8.52. The summed E-state index contributed by atoms with van der Waals surface area (Å²) < 4.78 is 3.29. The van der Waals surface area contributed by atoms with E-state index in [0.717, 1.165) is 30.2 Å². The van der Waals surface area contributed by atoms with Crippen LogP contribution in [0.5, 0.6) is 0 Å². The third-order valence-electron chi connectivity index (χ3n) is 5.00. The molecule has 0 bridgehead atoms. The predicted octanol–water partition coefficient (Wildman–Crippen LogP) is 1.20. The molecule has 5 rings (SSSR count). The molecule has 3 aromatic rings. The molecule has 26 heavy (non-hydrogen) atoms. The fourth-order valence-corrected chi connectivity index (χ4v) is 3.70. The number of carbonyl (C=O) groups is 1. The molecule has 1 fully saturated rings. The molecule has 1 saturated carbocycles. The molecule has 0 atom stereocenters. The third-order valence-corrected chi connectivity index (χ3v) is 5.00. The van der Waals surface area contributed by atoms with E-state index < -0.39 is 5.97 Å². The SMILES string of the molecule is O=C(O)c1cnn(-c2ncc3c(n2)N(C2CCCC2)Cc2nncn2-3)c1. The number of hydrogen-bond donors (Lipinski definition) is 1. The molecule has 0 aromatic carbocycles. The third kappa shape index (κ3) is 2.25. The second-order valence-corrected chi connectivity index (χ2v) is 6.54. The highest BCUT2D eigenvalue weighted by Crippen LogP contribution is 2.35. The molecule has 0 saturated heterocycles. The average molecular weight is 352 g/mol. The largest absolute Gasteiger partial charge is 0.478 e. The minimum atomic E-state index is -1.03. The topological polar surface area (TPSA) is 115 Å². The number of aromatic carboxylic acids is 1. The lowest BCUT2D eigenvalue weighted by molar-refractivity contribution is 0.0697. The van der Waals surface area contributed by atoms with Gasteiger partial charge >= 0.3 is 5.97 Å². The Morgan fingerprint density at radius 2 is 2.08 bits per heavy atom. The standard InChI is InChI=1S/C16H16N8O2/c25-15(26)10-5-19-24(7-10)16-17-6-12-14(20-16)22(11-3-1-2-4-11)8-13-21-18-9-23(12)13/h5-7,9,11H,1-4,8H2,(H,25,26). The Morgan fingerprint density at radius 1 is 1.23 bits per heavy atom. The van der Waals surface area contributed by atoms with Crippen LogP contribution >= 0.6 is 0 Å². The number of nitrogens with zero attached hydrogens (tertiary/aromatic N) is 8. The van der Waals surface area contributed by atoms with Gasteiger partial charge < -0.3 is 10.0 Å². The normalized spacial score (nSPS) is 16.5. The summed E-state index contributed by atoms with van der Waals surface area (Å²) in [6.45, 7) is 0.646. The molecule has 1 N–H and O–H groups in total. The van der Waals surface area contributed by atoms with Gasteiger partial charge in [-0.25, -0.2) is 14.5 Å². The van der Waals surface area contributed by atoms with Crippen LogP contribution in [0.15, 0.2) is 24.9 Å². The maximum atomic E-state index is 11.1. The number of carboxylic acid groups (broad SMARTS) is 1. The van der Waals surface area contributed by atoms with E-state index in [9.17, 15) is 4.79 Å². The quantitative estimate of drug-likeness (QED) is 0.748. The molecule has 0 unspecified atom stereocenters. The Hall–Kier alpha value is -3.30. The Kier molecular flexibility index (Phi) is 3.24. The Balaban J connectivity index is 1.61. The number of aromatic nitrogens is 7. The van der Waals surface area contributed by atoms with Crippen molar-refractivity contribution in [2.45, 2.75) is 38.3 Å². The van der Waals surface area contributed by atoms with Crippen molar-refractivity contribution in [3.63, 3.8) is 0 Å². The summed E-state index contributed by atoms with van der Waals surface area (Å²) in [5, 5.41) is 21.4. The fraction of sp³-hybridized carbons (Fsp3) is 0.375. The van der Waals surface area contributed by atoms with Crippen molar-refractivity contribution in [3.8, 4) is 11.6 Å². The summed E-state index contributed by atoms with van der Waals surface area (Å²) in [4.78, 5) is 22.4. The van der Waals surface area contributed by atoms with Crippen LogP contribution in [0, 0.1) is 0 Å². The first-order valence-electron chi connectivity index (χ1n) is 8.52. The van der Waals surface area contributed by atoms with Crippen LogP contribution in [0.25, 0.3) is 11.6 Å². The zero-order valence-corrected chi connectivity index (χ0v) is 13.9. The summed E-state index contributed by atoms with van der Waals surface area (Å²) in [6, 6.07) is 0.411. The summed E-state index contributed by atoms with van der Waals surface area (Å²) in [6.07, 6.45) is 10.8. The molecule has 0 radical (unpaired) electrons. The highest BCUT2D eigenvalue weighted by atomic mass is 16.4. The molecule has 132 valence electrons. The van der Waals surface area contributed by atoms with Gasteiger partial charge in [-0.3, -0.25) is 4.57 Å². The van der Waals surface area contributed by atoms with Crippen molar-refractivity contribution in [1.82, 2.24) is 34.5 Å². The molecule has 3 aromatic heterocycles. The molecule has 0 spiro atoms. The van der Waals surface area contributed by atoms with E-state index >= 15 is 0 Å². The van der Waals surface area contributed by atoms with Gasteiger partial charge in [-0.05, 0) is 12.8 Å². The highest BCUT2D eigenvalue weighted by molar-refractivity contribution is 5.86. The van der Waals surface area contributed by atoms with Crippen molar-refractivity contribution in [2.75, 3.05) is 4.90 Å². The minimum absolute atomic E-state index is 0.0973. The molecule has 1 aliphatic carbocycles. The summed E-state index contributed by atoms with van der Waals surface area (Å²) in [5.74, 6) is 0.987. The summed E-state index contributed by atoms with van der Waals surface area (Å²) in [7, 11) is 0. The highest BCUT2D eigenvalue weighted by Gasteiger charge is 2.32. The number of rotatable bonds is 3. The average Bonchev–Trinajstić information content (AvgIpc) is 3.41. The van der Waals surface area contributed by atoms with Gasteiger partial charge in [-0.15, -0.1) is 10.2 Å². The van der Waals surface area contributed by atoms with Crippen LogP contribution in [0.4, 0.5) is 5.82 Å². The van der Waals surface area contributed by atoms with E-state index in [0.29, 0.717) is 18.5 Å². The van der Waals surface area contributed by atoms with Gasteiger partial charge in [-0.2, -0.15) is 10.1 Å². The van der Waals surface area contributed by atoms with E-state index in [4.69, 9.17) is 10.1 Å². The lowest BCUT2D eigenvalue weighted by Crippen LogP contribution is -2.38. The zero-order valence-electron chi connectivity index (χ0n) is 13.9. The molecule has 2 aliphatic rings. The van der Waals surface area contributed by atoms with E-state index in [1.807, 2.05) is 4.57 Å². The first kappa shape index (κ1) is 15.0. The lowest BCUT2D eigenvalue weighted by atomic mass is 10.2. The van der Waals surface area contributed by atoms with E-state index in [1.54, 1.807) is 12.5 Å². The number of carboxylic acids is 1. The van der Waals surface area contributed by atoms with Crippen molar-refractivity contribution < 1.29 is 9.90 Å². The minimum Gasteiger partial charge on any atom is -0.478 e. The maximum absolute atomic E-state index is 11.1. The van der Waals surface area contributed by atoms with Crippen LogP contribution in [-0.2, 0) is 6.54 Å². The van der Waals surface area contributed by atoms with Crippen LogP contribution in [0.3, 0.4) is 0 Å². The Morgan fingerprint density at radius 3 is 2.85 bits per heavy atom. The van der Waals surface area contributed by atoms with Gasteiger partial charge in [0.1, 0.15) is 12.0 Å². The van der Waals surface area contributed by atoms with Crippen LogP contribution in [0.2, 0.25) is 0 Å². The maximum Gasteiger partial charge on any atom is 0.338 e. The molecular weight excluding hydrogens is 336 g/mol. The Bertz CT molecular complexity index is 988. The van der Waals surface area contributed by atoms with Gasteiger partial charge in [-0.1, -0.05) is 12.8 Å². The van der Waals surface area contributed by atoms with Crippen LogP contribution in [0.1, 0.15) is 41.9 Å². The zero-order chi connectivity index (χ0) is 17.7. The molecule has 0 amide bonds. The smallest absolute Gasteiger partial charge is 0.338 e. The summed E-state index contributed by atoms with van der Waals surface area (Å²) >= 11 is 0. The van der Waals surface area contributed by atoms with Gasteiger partial charge in [0.25, 0.3) is 5.95 Å². The lowest BCUT2D eigenvalue weighted by Gasteiger charge is -2.34. The number of anilines is 1. The molecular formula is C16H16N8O2. The summed E-state index contributed by atoms with van der Waals surface area (Å²) in [5.41, 5.74) is 0.928. The van der Waals surface area contributed by atoms with Gasteiger partial charge in [0.05, 0.1) is 24.5 Å². The molecule has 10 nitrogen and oxygen atoms in total.